The molecule has 156 valence electrons. The Labute approximate surface area is 185 Å². The zero-order valence-electron chi connectivity index (χ0n) is 17.0. The quantitative estimate of drug-likeness (QED) is 0.377. The van der Waals surface area contributed by atoms with Crippen LogP contribution in [0.5, 0.6) is 5.75 Å². The number of aromatic nitrogens is 3. The van der Waals surface area contributed by atoms with Crippen molar-refractivity contribution in [2.45, 2.75) is 23.9 Å². The molecule has 0 bridgehead atoms. The third kappa shape index (κ3) is 5.73. The lowest BCUT2D eigenvalue weighted by atomic mass is 10.2. The first-order valence-electron chi connectivity index (χ1n) is 9.89. The van der Waals surface area contributed by atoms with Crippen LogP contribution in [-0.4, -0.2) is 26.3 Å². The third-order valence-corrected chi connectivity index (χ3v) is 5.49. The molecular weight excluding hydrogens is 408 g/mol. The molecule has 7 heteroatoms. The topological polar surface area (TPSA) is 79.9 Å². The summed E-state index contributed by atoms with van der Waals surface area (Å²) in [5.74, 6) is 1.31. The molecule has 0 unspecified atom stereocenters. The van der Waals surface area contributed by atoms with Gasteiger partial charge in [0.25, 0.3) is 0 Å². The number of H-pyrrole nitrogens is 1. The number of nitrogens with one attached hydrogen (secondary N) is 2. The summed E-state index contributed by atoms with van der Waals surface area (Å²) in [6.07, 6.45) is 0. The number of carbonyl (C=O) groups is 1. The Bertz CT molecular complexity index is 1120. The van der Waals surface area contributed by atoms with Gasteiger partial charge in [-0.1, -0.05) is 72.4 Å². The van der Waals surface area contributed by atoms with Gasteiger partial charge in [0, 0.05) is 11.3 Å². The molecule has 0 aliphatic rings. The highest BCUT2D eigenvalue weighted by Crippen LogP contribution is 2.24. The van der Waals surface area contributed by atoms with Crippen LogP contribution in [0.1, 0.15) is 12.5 Å². The molecule has 31 heavy (non-hydrogen) atoms. The van der Waals surface area contributed by atoms with Gasteiger partial charge in [0.2, 0.25) is 11.1 Å². The minimum Gasteiger partial charge on any atom is -0.489 e. The molecule has 1 aromatic heterocycles. The molecule has 0 saturated carbocycles. The first-order valence-corrected chi connectivity index (χ1v) is 10.8. The van der Waals surface area contributed by atoms with Crippen LogP contribution in [0.4, 0.5) is 5.69 Å². The van der Waals surface area contributed by atoms with Crippen LogP contribution in [0.25, 0.3) is 11.4 Å². The number of hydrogen-bond acceptors (Lipinski definition) is 5. The molecule has 0 saturated heterocycles. The largest absolute Gasteiger partial charge is 0.489 e. The van der Waals surface area contributed by atoms with Crippen LogP contribution >= 0.6 is 11.8 Å². The van der Waals surface area contributed by atoms with Crippen molar-refractivity contribution >= 4 is 23.4 Å². The number of carbonyl (C=O) groups excluding carboxylic acids is 1. The molecule has 4 rings (SSSR count). The zero-order valence-corrected chi connectivity index (χ0v) is 17.8. The highest BCUT2D eigenvalue weighted by atomic mass is 32.2. The predicted octanol–water partition coefficient (Wildman–Crippen LogP) is 5.17. The van der Waals surface area contributed by atoms with E-state index in [1.165, 1.54) is 11.8 Å². The fraction of sp³-hybridized carbons (Fsp3) is 0.125. The standard InChI is InChI=1S/C24H22N4O2S/c1-17(31-24-26-22(27-28-24)19-10-6-3-7-11-19)23(29)25-20-12-14-21(15-13-20)30-16-18-8-4-2-5-9-18/h2-15,17H,16H2,1H3,(H,25,29)(H,26,27,28)/t17-/m1/s1. The molecule has 1 heterocycles. The molecule has 1 atom stereocenters. The van der Waals surface area contributed by atoms with Gasteiger partial charge in [0.1, 0.15) is 12.4 Å². The molecule has 4 aromatic rings. The lowest BCUT2D eigenvalue weighted by molar-refractivity contribution is -0.115. The van der Waals surface area contributed by atoms with Crippen LogP contribution in [0.15, 0.2) is 90.1 Å². The number of hydrogen-bond donors (Lipinski definition) is 2. The zero-order chi connectivity index (χ0) is 21.5. The number of rotatable bonds is 8. The van der Waals surface area contributed by atoms with Crippen molar-refractivity contribution in [3.05, 3.63) is 90.5 Å². The van der Waals surface area contributed by atoms with Gasteiger partial charge in [-0.15, -0.1) is 5.10 Å². The van der Waals surface area contributed by atoms with E-state index in [2.05, 4.69) is 20.5 Å². The smallest absolute Gasteiger partial charge is 0.237 e. The van der Waals surface area contributed by atoms with E-state index in [-0.39, 0.29) is 11.2 Å². The van der Waals surface area contributed by atoms with E-state index in [1.54, 1.807) is 0 Å². The first kappa shape index (κ1) is 20.7. The van der Waals surface area contributed by atoms with Gasteiger partial charge >= 0.3 is 0 Å². The molecule has 2 N–H and O–H groups in total. The Morgan fingerprint density at radius 2 is 1.68 bits per heavy atom. The number of ether oxygens (including phenoxy) is 1. The number of benzene rings is 3. The van der Waals surface area contributed by atoms with Crippen molar-refractivity contribution in [2.75, 3.05) is 5.32 Å². The third-order valence-electron chi connectivity index (χ3n) is 4.53. The number of anilines is 1. The summed E-state index contributed by atoms with van der Waals surface area (Å²) >= 11 is 1.31. The summed E-state index contributed by atoms with van der Waals surface area (Å²) < 4.78 is 5.78. The van der Waals surface area contributed by atoms with Crippen molar-refractivity contribution in [1.82, 2.24) is 15.2 Å². The fourth-order valence-electron chi connectivity index (χ4n) is 2.86. The van der Waals surface area contributed by atoms with Crippen molar-refractivity contribution in [3.8, 4) is 17.1 Å². The normalized spacial score (nSPS) is 11.6. The van der Waals surface area contributed by atoms with Crippen molar-refractivity contribution in [1.29, 1.82) is 0 Å². The number of aromatic amines is 1. The molecule has 0 aliphatic carbocycles. The summed E-state index contributed by atoms with van der Waals surface area (Å²) in [4.78, 5) is 17.0. The summed E-state index contributed by atoms with van der Waals surface area (Å²) in [5.41, 5.74) is 2.77. The second-order valence-corrected chi connectivity index (χ2v) is 8.19. The second kappa shape index (κ2) is 9.95. The SMILES string of the molecule is C[C@@H](Sc1n[nH]c(-c2ccccc2)n1)C(=O)Nc1ccc(OCc2ccccc2)cc1. The Morgan fingerprint density at radius 3 is 2.39 bits per heavy atom. The molecule has 3 aromatic carbocycles. The van der Waals surface area contributed by atoms with Crippen LogP contribution in [0.2, 0.25) is 0 Å². The minimum absolute atomic E-state index is 0.117. The second-order valence-electron chi connectivity index (χ2n) is 6.88. The predicted molar refractivity (Wildman–Crippen MR) is 123 cm³/mol. The van der Waals surface area contributed by atoms with E-state index in [1.807, 2.05) is 91.9 Å². The average molecular weight is 431 g/mol. The van der Waals surface area contributed by atoms with E-state index < -0.39 is 0 Å². The molecular formula is C24H22N4O2S. The van der Waals surface area contributed by atoms with E-state index in [9.17, 15) is 4.79 Å². The first-order chi connectivity index (χ1) is 15.2. The maximum absolute atomic E-state index is 12.6. The summed E-state index contributed by atoms with van der Waals surface area (Å²) in [7, 11) is 0. The molecule has 0 fully saturated rings. The lowest BCUT2D eigenvalue weighted by Gasteiger charge is -2.11. The van der Waals surface area contributed by atoms with Gasteiger partial charge in [-0.2, -0.15) is 0 Å². The summed E-state index contributed by atoms with van der Waals surface area (Å²) in [5, 5.41) is 10.2. The molecule has 6 nitrogen and oxygen atoms in total. The molecule has 0 aliphatic heterocycles. The monoisotopic (exact) mass is 430 g/mol. The van der Waals surface area contributed by atoms with E-state index >= 15 is 0 Å². The van der Waals surface area contributed by atoms with E-state index in [4.69, 9.17) is 4.74 Å². The summed E-state index contributed by atoms with van der Waals surface area (Å²) in [6.45, 7) is 2.33. The van der Waals surface area contributed by atoms with Crippen molar-refractivity contribution in [3.63, 3.8) is 0 Å². The maximum atomic E-state index is 12.6. The number of thioether (sulfide) groups is 1. The van der Waals surface area contributed by atoms with Gasteiger partial charge in [-0.05, 0) is 36.8 Å². The average Bonchev–Trinajstić information content (AvgIpc) is 3.28. The van der Waals surface area contributed by atoms with Crippen LogP contribution in [0.3, 0.4) is 0 Å². The Morgan fingerprint density at radius 1 is 1.00 bits per heavy atom. The van der Waals surface area contributed by atoms with Gasteiger partial charge in [-0.3, -0.25) is 9.89 Å². The highest BCUT2D eigenvalue weighted by Gasteiger charge is 2.17. The highest BCUT2D eigenvalue weighted by molar-refractivity contribution is 8.00. The van der Waals surface area contributed by atoms with Crippen molar-refractivity contribution in [2.24, 2.45) is 0 Å². The van der Waals surface area contributed by atoms with Gasteiger partial charge < -0.3 is 10.1 Å². The Hall–Kier alpha value is -3.58. The fourth-order valence-corrected chi connectivity index (χ4v) is 3.58. The van der Waals surface area contributed by atoms with Gasteiger partial charge in [0.15, 0.2) is 5.82 Å². The molecule has 0 spiro atoms. The van der Waals surface area contributed by atoms with Gasteiger partial charge in [0.05, 0.1) is 5.25 Å². The Kier molecular flexibility index (Phi) is 6.64. The number of amides is 1. The summed E-state index contributed by atoms with van der Waals surface area (Å²) in [6, 6.07) is 27.1. The van der Waals surface area contributed by atoms with Crippen LogP contribution in [0, 0.1) is 0 Å². The lowest BCUT2D eigenvalue weighted by Crippen LogP contribution is -2.22. The van der Waals surface area contributed by atoms with Crippen LogP contribution < -0.4 is 10.1 Å². The number of nitrogens with zero attached hydrogens (tertiary/aromatic N) is 2. The van der Waals surface area contributed by atoms with E-state index in [0.29, 0.717) is 23.3 Å². The minimum atomic E-state index is -0.353. The molecule has 0 radical (unpaired) electrons. The van der Waals surface area contributed by atoms with Crippen LogP contribution in [-0.2, 0) is 11.4 Å². The maximum Gasteiger partial charge on any atom is 0.237 e. The van der Waals surface area contributed by atoms with Gasteiger partial charge in [-0.25, -0.2) is 4.98 Å². The molecule has 1 amide bonds. The Balaban J connectivity index is 1.29. The van der Waals surface area contributed by atoms with E-state index in [0.717, 1.165) is 16.9 Å². The van der Waals surface area contributed by atoms with Crippen molar-refractivity contribution < 1.29 is 9.53 Å².